The number of esters is 1. The Bertz CT molecular complexity index is 885. The number of ether oxygens (including phenoxy) is 1. The maximum Gasteiger partial charge on any atom is 0.313 e. The molecule has 1 atom stereocenters. The molecule has 0 fully saturated rings. The van der Waals surface area contributed by atoms with Gasteiger partial charge < -0.3 is 4.74 Å². The van der Waals surface area contributed by atoms with Crippen molar-refractivity contribution in [3.05, 3.63) is 45.6 Å². The van der Waals surface area contributed by atoms with E-state index in [1.165, 1.54) is 11.3 Å². The fourth-order valence-corrected chi connectivity index (χ4v) is 3.83. The summed E-state index contributed by atoms with van der Waals surface area (Å²) >= 11 is 2.53. The van der Waals surface area contributed by atoms with Crippen molar-refractivity contribution >= 4 is 45.9 Å². The van der Waals surface area contributed by atoms with E-state index in [1.807, 2.05) is 36.6 Å². The van der Waals surface area contributed by atoms with Gasteiger partial charge in [0, 0.05) is 6.42 Å². The van der Waals surface area contributed by atoms with Crippen LogP contribution >= 0.6 is 23.1 Å². The molecule has 24 heavy (non-hydrogen) atoms. The smallest absolute Gasteiger partial charge is 0.313 e. The first-order valence-electron chi connectivity index (χ1n) is 7.55. The highest BCUT2D eigenvalue weighted by atomic mass is 32.1. The van der Waals surface area contributed by atoms with E-state index in [-0.39, 0.29) is 24.8 Å². The summed E-state index contributed by atoms with van der Waals surface area (Å²) < 4.78 is 13.5. The van der Waals surface area contributed by atoms with Crippen LogP contribution in [0.3, 0.4) is 0 Å². The second-order valence-electron chi connectivity index (χ2n) is 5.43. The van der Waals surface area contributed by atoms with Crippen LogP contribution in [0.1, 0.15) is 40.1 Å². The summed E-state index contributed by atoms with van der Waals surface area (Å²) in [6.07, 6.45) is 0.0852. The van der Waals surface area contributed by atoms with Gasteiger partial charge >= 0.3 is 5.97 Å². The number of hydrogen-bond donors (Lipinski definition) is 0. The Morgan fingerprint density at radius 2 is 2.00 bits per heavy atom. The molecular weight excluding hydrogens is 344 g/mol. The zero-order valence-electron chi connectivity index (χ0n) is 13.3. The van der Waals surface area contributed by atoms with Crippen molar-refractivity contribution in [1.82, 2.24) is 8.75 Å². The number of Topliss-reactive ketones (excluding diaryl/α,β-unsaturated/α-hetero) is 1. The molecule has 0 aliphatic heterocycles. The Morgan fingerprint density at radius 1 is 1.21 bits per heavy atom. The fourth-order valence-electron chi connectivity index (χ4n) is 2.46. The van der Waals surface area contributed by atoms with Crippen molar-refractivity contribution in [2.45, 2.75) is 26.2 Å². The molecule has 1 unspecified atom stereocenters. The van der Waals surface area contributed by atoms with E-state index in [0.29, 0.717) is 4.88 Å². The third-order valence-corrected chi connectivity index (χ3v) is 5.29. The highest BCUT2D eigenvalue weighted by Gasteiger charge is 2.26. The maximum absolute atomic E-state index is 12.5. The predicted octanol–water partition coefficient (Wildman–Crippen LogP) is 3.98. The van der Waals surface area contributed by atoms with Gasteiger partial charge in [-0.15, -0.1) is 11.3 Å². The van der Waals surface area contributed by atoms with Crippen molar-refractivity contribution < 1.29 is 14.3 Å². The van der Waals surface area contributed by atoms with Crippen molar-refractivity contribution in [3.8, 4) is 0 Å². The lowest BCUT2D eigenvalue weighted by Gasteiger charge is -2.15. The van der Waals surface area contributed by atoms with Gasteiger partial charge in [0.1, 0.15) is 11.0 Å². The average molecular weight is 360 g/mol. The number of benzene rings is 1. The third kappa shape index (κ3) is 3.52. The van der Waals surface area contributed by atoms with E-state index >= 15 is 0 Å². The summed E-state index contributed by atoms with van der Waals surface area (Å²) in [7, 11) is 0. The molecule has 0 radical (unpaired) electrons. The van der Waals surface area contributed by atoms with Crippen molar-refractivity contribution in [1.29, 1.82) is 0 Å². The van der Waals surface area contributed by atoms with Gasteiger partial charge in [-0.3, -0.25) is 9.59 Å². The maximum atomic E-state index is 12.5. The minimum Gasteiger partial charge on any atom is -0.466 e. The zero-order valence-corrected chi connectivity index (χ0v) is 14.9. The molecular formula is C17H16N2O3S2. The zero-order chi connectivity index (χ0) is 17.1. The van der Waals surface area contributed by atoms with Crippen molar-refractivity contribution in [2.24, 2.45) is 0 Å². The third-order valence-electron chi connectivity index (χ3n) is 3.65. The van der Waals surface area contributed by atoms with E-state index in [4.69, 9.17) is 4.74 Å². The van der Waals surface area contributed by atoms with Gasteiger partial charge in [-0.1, -0.05) is 6.07 Å². The second-order valence-corrected chi connectivity index (χ2v) is 6.87. The molecule has 2 aromatic heterocycles. The molecule has 0 spiro atoms. The van der Waals surface area contributed by atoms with Crippen LogP contribution in [0.4, 0.5) is 0 Å². The summed E-state index contributed by atoms with van der Waals surface area (Å²) in [5.74, 6) is -1.07. The first-order valence-corrected chi connectivity index (χ1v) is 9.16. The van der Waals surface area contributed by atoms with Crippen LogP contribution in [0.2, 0.25) is 0 Å². The lowest BCUT2D eigenvalue weighted by Crippen LogP contribution is -2.19. The highest BCUT2D eigenvalue weighted by Crippen LogP contribution is 2.28. The van der Waals surface area contributed by atoms with Gasteiger partial charge in [0.15, 0.2) is 5.78 Å². The largest absolute Gasteiger partial charge is 0.466 e. The molecule has 0 N–H and O–H groups in total. The predicted molar refractivity (Wildman–Crippen MR) is 94.8 cm³/mol. The van der Waals surface area contributed by atoms with Crippen LogP contribution in [0, 0.1) is 6.92 Å². The molecule has 0 aliphatic carbocycles. The van der Waals surface area contributed by atoms with Gasteiger partial charge in [0.05, 0.1) is 29.1 Å². The molecule has 3 rings (SSSR count). The number of carbonyl (C=O) groups is 2. The molecule has 1 aromatic carbocycles. The Morgan fingerprint density at radius 3 is 2.71 bits per heavy atom. The monoisotopic (exact) mass is 360 g/mol. The Balaban J connectivity index is 1.90. The van der Waals surface area contributed by atoms with Gasteiger partial charge in [-0.2, -0.15) is 8.75 Å². The van der Waals surface area contributed by atoms with Crippen LogP contribution in [0.15, 0.2) is 29.6 Å². The average Bonchev–Trinajstić information content (AvgIpc) is 3.20. The molecule has 5 nitrogen and oxygen atoms in total. The van der Waals surface area contributed by atoms with Gasteiger partial charge in [0.2, 0.25) is 0 Å². The minimum atomic E-state index is -0.633. The Hall–Kier alpha value is -2.12. The number of nitrogens with zero attached hydrogens (tertiary/aromatic N) is 2. The summed E-state index contributed by atoms with van der Waals surface area (Å²) in [5, 5.41) is 1.93. The molecule has 0 saturated carbocycles. The number of aromatic nitrogens is 2. The second kappa shape index (κ2) is 7.19. The van der Waals surface area contributed by atoms with E-state index in [1.54, 1.807) is 6.92 Å². The van der Waals surface area contributed by atoms with Gasteiger partial charge in [-0.05, 0) is 48.6 Å². The Labute approximate surface area is 147 Å². The first-order chi connectivity index (χ1) is 11.6. The van der Waals surface area contributed by atoms with E-state index in [0.717, 1.165) is 33.9 Å². The van der Waals surface area contributed by atoms with Gasteiger partial charge in [0.25, 0.3) is 0 Å². The molecule has 124 valence electrons. The van der Waals surface area contributed by atoms with E-state index in [9.17, 15) is 9.59 Å². The standard InChI is InChI=1S/C17H16N2O3S2/c1-3-22-17(21)12(8-15(20)16-6-10(2)9-23-16)11-4-5-13-14(7-11)19-24-18-13/h4-7,9,12H,3,8H2,1-2H3. The molecule has 7 heteroatoms. The Kier molecular flexibility index (Phi) is 5.01. The van der Waals surface area contributed by atoms with Gasteiger partial charge in [-0.25, -0.2) is 0 Å². The van der Waals surface area contributed by atoms with Crippen LogP contribution in [0.25, 0.3) is 11.0 Å². The summed E-state index contributed by atoms with van der Waals surface area (Å²) in [4.78, 5) is 25.6. The lowest BCUT2D eigenvalue weighted by atomic mass is 9.93. The van der Waals surface area contributed by atoms with Crippen LogP contribution in [-0.4, -0.2) is 27.1 Å². The first kappa shape index (κ1) is 16.7. The lowest BCUT2D eigenvalue weighted by molar-refractivity contribution is -0.144. The van der Waals surface area contributed by atoms with Crippen LogP contribution < -0.4 is 0 Å². The highest BCUT2D eigenvalue weighted by molar-refractivity contribution is 7.12. The van der Waals surface area contributed by atoms with E-state index < -0.39 is 5.92 Å². The number of thiophene rings is 1. The molecule has 0 amide bonds. The SMILES string of the molecule is CCOC(=O)C(CC(=O)c1cc(C)cs1)c1ccc2nsnc2c1. The number of ketones is 1. The molecule has 2 heterocycles. The number of aryl methyl sites for hydroxylation is 1. The molecule has 0 aliphatic rings. The van der Waals surface area contributed by atoms with E-state index in [2.05, 4.69) is 8.75 Å². The number of fused-ring (bicyclic) bond motifs is 1. The fraction of sp³-hybridized carbons (Fsp3) is 0.294. The van der Waals surface area contributed by atoms with Crippen LogP contribution in [0.5, 0.6) is 0 Å². The van der Waals surface area contributed by atoms with Crippen LogP contribution in [-0.2, 0) is 9.53 Å². The summed E-state index contributed by atoms with van der Waals surface area (Å²) in [6, 6.07) is 7.30. The quantitative estimate of drug-likeness (QED) is 0.491. The van der Waals surface area contributed by atoms with Crippen molar-refractivity contribution in [3.63, 3.8) is 0 Å². The van der Waals surface area contributed by atoms with Crippen molar-refractivity contribution in [2.75, 3.05) is 6.61 Å². The summed E-state index contributed by atoms with van der Waals surface area (Å²) in [5.41, 5.74) is 3.29. The molecule has 0 saturated heterocycles. The normalized spacial score (nSPS) is 12.2. The minimum absolute atomic E-state index is 0.0531. The number of carbonyl (C=O) groups excluding carboxylic acids is 2. The topological polar surface area (TPSA) is 69.2 Å². The molecule has 0 bridgehead atoms. The molecule has 3 aromatic rings. The summed E-state index contributed by atoms with van der Waals surface area (Å²) in [6.45, 7) is 3.98. The number of hydrogen-bond acceptors (Lipinski definition) is 7. The number of rotatable bonds is 6.